The Hall–Kier alpha value is -5.73. The highest BCUT2D eigenvalue weighted by molar-refractivity contribution is 5.90. The number of aliphatic hydroxyl groups excluding tert-OH is 3. The molecule has 1 saturated carbocycles. The lowest BCUT2D eigenvalue weighted by Gasteiger charge is -2.55. The molecule has 10 rings (SSSR count). The van der Waals surface area contributed by atoms with Gasteiger partial charge in [0.2, 0.25) is 12.0 Å². The van der Waals surface area contributed by atoms with E-state index in [1.165, 1.54) is 0 Å². The first kappa shape index (κ1) is 44.1. The Labute approximate surface area is 379 Å². The lowest BCUT2D eigenvalue weighted by molar-refractivity contribution is -0.356. The van der Waals surface area contributed by atoms with Crippen molar-refractivity contribution in [2.24, 2.45) is 21.9 Å². The van der Waals surface area contributed by atoms with Crippen molar-refractivity contribution in [2.45, 2.75) is 112 Å². The number of aliphatic imine (C=N–C) groups is 1. The second-order valence-electron chi connectivity index (χ2n) is 18.2. The van der Waals surface area contributed by atoms with Crippen LogP contribution in [-0.4, -0.2) is 124 Å². The number of carboxylic acid groups (broad SMARTS) is 1. The average molecular weight is 911 g/mol. The molecule has 9 atom stereocenters. The number of ether oxygens (including phenoxy) is 7. The van der Waals surface area contributed by atoms with E-state index in [0.717, 1.165) is 33.5 Å². The topological polar surface area (TPSA) is 268 Å². The number of aliphatic carboxylic acids is 1. The Morgan fingerprint density at radius 3 is 2.55 bits per heavy atom. The maximum absolute atomic E-state index is 13.2. The second-order valence-corrected chi connectivity index (χ2v) is 18.2. The van der Waals surface area contributed by atoms with Gasteiger partial charge in [0.15, 0.2) is 23.2 Å². The molecule has 0 amide bonds. The van der Waals surface area contributed by atoms with E-state index in [1.807, 2.05) is 54.7 Å². The summed E-state index contributed by atoms with van der Waals surface area (Å²) < 4.78 is 44.9. The van der Waals surface area contributed by atoms with E-state index in [9.17, 15) is 35.1 Å². The van der Waals surface area contributed by atoms with Gasteiger partial charge in [-0.25, -0.2) is 0 Å². The molecule has 3 aromatic rings. The van der Waals surface area contributed by atoms with E-state index in [1.54, 1.807) is 19.4 Å². The van der Waals surface area contributed by atoms with Gasteiger partial charge in [-0.15, -0.1) is 0 Å². The summed E-state index contributed by atoms with van der Waals surface area (Å²) in [5, 5.41) is 56.4. The predicted molar refractivity (Wildman–Crippen MR) is 233 cm³/mol. The summed E-state index contributed by atoms with van der Waals surface area (Å²) in [5.41, 5.74) is 14.8. The Morgan fingerprint density at radius 1 is 1.05 bits per heavy atom. The number of fused-ring (bicyclic) bond motifs is 9. The average Bonchev–Trinajstić information content (AvgIpc) is 4.10. The van der Waals surface area contributed by atoms with Crippen LogP contribution in [-0.2, 0) is 38.4 Å². The van der Waals surface area contributed by atoms with Gasteiger partial charge in [-0.05, 0) is 42.5 Å². The molecule has 7 aliphatic rings. The number of nitrogens with zero attached hydrogens (tertiary/aromatic N) is 2. The SMILES string of the molecule is COc1ccc2c(c1OCCO)O[C@H]1c3c(cc4c(c3CN3C=C5N=CC=C5C3)CC3(CCCC3)[C@]3(O)[C@H](O4)O[C@H]([C@H](OC(=O)CC(=O)O)C(N)N)[C@@H](O)[C@@H]3O)O[C@H](Cc3ccccc3)[C@@H]21. The molecule has 0 radical (unpaired) electrons. The van der Waals surface area contributed by atoms with E-state index in [2.05, 4.69) is 9.89 Å². The van der Waals surface area contributed by atoms with Crippen LogP contribution in [0.5, 0.6) is 28.7 Å². The fraction of sp³-hybridized carbons (Fsp3) is 0.479. The highest BCUT2D eigenvalue weighted by atomic mass is 16.7. The van der Waals surface area contributed by atoms with E-state index in [-0.39, 0.29) is 25.6 Å². The number of allylic oxidation sites excluding steroid dienone is 1. The van der Waals surface area contributed by atoms with Gasteiger partial charge in [-0.3, -0.25) is 14.6 Å². The van der Waals surface area contributed by atoms with Gasteiger partial charge in [-0.1, -0.05) is 49.2 Å². The lowest BCUT2D eigenvalue weighted by Crippen LogP contribution is -2.75. The van der Waals surface area contributed by atoms with Gasteiger partial charge in [0.25, 0.3) is 0 Å². The zero-order chi connectivity index (χ0) is 46.1. The van der Waals surface area contributed by atoms with Gasteiger partial charge in [0.05, 0.1) is 31.5 Å². The maximum Gasteiger partial charge on any atom is 0.317 e. The van der Waals surface area contributed by atoms with Crippen LogP contribution >= 0.6 is 0 Å². The first-order chi connectivity index (χ1) is 31.8. The largest absolute Gasteiger partial charge is 0.493 e. The number of carbonyl (C=O) groups excluding carboxylic acids is 1. The molecule has 350 valence electrons. The Kier molecular flexibility index (Phi) is 11.5. The molecule has 66 heavy (non-hydrogen) atoms. The number of hydrogen-bond donors (Lipinski definition) is 7. The third-order valence-electron chi connectivity index (χ3n) is 14.4. The third-order valence-corrected chi connectivity index (χ3v) is 14.4. The first-order valence-corrected chi connectivity index (χ1v) is 22.4. The number of benzene rings is 3. The van der Waals surface area contributed by atoms with Crippen molar-refractivity contribution in [1.82, 2.24) is 4.90 Å². The van der Waals surface area contributed by atoms with Crippen molar-refractivity contribution in [1.29, 1.82) is 0 Å². The maximum atomic E-state index is 13.2. The monoisotopic (exact) mass is 910 g/mol. The van der Waals surface area contributed by atoms with Crippen molar-refractivity contribution < 1.29 is 68.3 Å². The summed E-state index contributed by atoms with van der Waals surface area (Å²) >= 11 is 0. The highest BCUT2D eigenvalue weighted by Gasteiger charge is 2.69. The van der Waals surface area contributed by atoms with Crippen molar-refractivity contribution in [2.75, 3.05) is 26.9 Å². The van der Waals surface area contributed by atoms with Gasteiger partial charge in [0, 0.05) is 65.7 Å². The van der Waals surface area contributed by atoms with Crippen molar-refractivity contribution >= 4 is 18.2 Å². The zero-order valence-corrected chi connectivity index (χ0v) is 36.3. The van der Waals surface area contributed by atoms with E-state index in [0.29, 0.717) is 79.5 Å². The van der Waals surface area contributed by atoms with Crippen molar-refractivity contribution in [3.63, 3.8) is 0 Å². The van der Waals surface area contributed by atoms with Crippen LogP contribution in [0.2, 0.25) is 0 Å². The molecule has 18 nitrogen and oxygen atoms in total. The Morgan fingerprint density at radius 2 is 1.83 bits per heavy atom. The molecular formula is C48H54N4O14. The molecule has 0 aromatic heterocycles. The molecule has 6 aliphatic heterocycles. The standard InChI is InChI=1S/C48H54N4O14/c1-60-30-10-9-26-36-32(17-24-7-3-2-4-8-24)62-33-18-31-27(28(22-52-21-25-11-14-51-29(25)23-52)37(33)41(36)65-39(26)40(30)61-16-15-53)20-47(12-5-6-13-47)48(59)44(58)38(57)42(66-46(48)63-31)43(45(49)50)64-35(56)19-34(54)55/h2-4,7-11,14,18,23,32,36,38,41-46,53,57-59H,5-6,12-13,15-17,19-22,49-50H2,1H3,(H,54,55)/t32-,36-,38-,41-,42+,43+,44+,46-,48-/m1/s1. The minimum Gasteiger partial charge on any atom is -0.493 e. The summed E-state index contributed by atoms with van der Waals surface area (Å²) in [5.74, 6) is -1.00. The summed E-state index contributed by atoms with van der Waals surface area (Å²) in [6.07, 6.45) is -3.81. The molecule has 1 aliphatic carbocycles. The second kappa shape index (κ2) is 17.2. The number of rotatable bonds is 13. The Bertz CT molecular complexity index is 2490. The van der Waals surface area contributed by atoms with Crippen LogP contribution in [0.4, 0.5) is 0 Å². The lowest BCUT2D eigenvalue weighted by atomic mass is 9.61. The van der Waals surface area contributed by atoms with Gasteiger partial charge >= 0.3 is 11.9 Å². The quantitative estimate of drug-likeness (QED) is 0.0737. The van der Waals surface area contributed by atoms with Crippen LogP contribution in [0, 0.1) is 5.41 Å². The van der Waals surface area contributed by atoms with Gasteiger partial charge in [0.1, 0.15) is 55.0 Å². The predicted octanol–water partition coefficient (Wildman–Crippen LogP) is 2.26. The van der Waals surface area contributed by atoms with Crippen molar-refractivity contribution in [3.05, 3.63) is 99.9 Å². The van der Waals surface area contributed by atoms with Crippen LogP contribution < -0.4 is 35.2 Å². The normalized spacial score (nSPS) is 28.8. The third kappa shape index (κ3) is 7.26. The fourth-order valence-electron chi connectivity index (χ4n) is 11.4. The van der Waals surface area contributed by atoms with E-state index in [4.69, 9.17) is 44.6 Å². The zero-order valence-electron chi connectivity index (χ0n) is 36.3. The number of methoxy groups -OCH3 is 1. The molecule has 2 fully saturated rings. The smallest absolute Gasteiger partial charge is 0.317 e. The van der Waals surface area contributed by atoms with Crippen LogP contribution in [0.25, 0.3) is 0 Å². The van der Waals surface area contributed by atoms with E-state index >= 15 is 0 Å². The number of esters is 1. The summed E-state index contributed by atoms with van der Waals surface area (Å²) in [6, 6.07) is 15.5. The number of nitrogens with two attached hydrogens (primary N) is 2. The number of aliphatic hydroxyl groups is 4. The fourth-order valence-corrected chi connectivity index (χ4v) is 11.4. The Balaban J connectivity index is 1.14. The number of hydrogen-bond acceptors (Lipinski definition) is 17. The molecule has 9 N–H and O–H groups in total. The highest BCUT2D eigenvalue weighted by Crippen LogP contribution is 2.63. The molecule has 1 saturated heterocycles. The van der Waals surface area contributed by atoms with Gasteiger partial charge < -0.3 is 75.1 Å². The molecule has 3 aromatic carbocycles. The van der Waals surface area contributed by atoms with Crippen molar-refractivity contribution in [3.8, 4) is 28.7 Å². The summed E-state index contributed by atoms with van der Waals surface area (Å²) in [6.45, 7) is 0.662. The van der Waals surface area contributed by atoms with Crippen LogP contribution in [0.3, 0.4) is 0 Å². The van der Waals surface area contributed by atoms with E-state index < -0.39 is 78.5 Å². The van der Waals surface area contributed by atoms with Crippen LogP contribution in [0.15, 0.2) is 77.1 Å². The molecule has 1 spiro atoms. The summed E-state index contributed by atoms with van der Waals surface area (Å²) in [7, 11) is 1.54. The first-order valence-electron chi connectivity index (χ1n) is 22.4. The number of carbonyl (C=O) groups is 2. The van der Waals surface area contributed by atoms with Gasteiger partial charge in [-0.2, -0.15) is 0 Å². The molecule has 6 heterocycles. The molecular weight excluding hydrogens is 857 g/mol. The minimum absolute atomic E-state index is 0.00244. The molecule has 18 heteroatoms. The molecule has 0 bridgehead atoms. The minimum atomic E-state index is -2.24. The van der Waals surface area contributed by atoms with Crippen LogP contribution in [0.1, 0.15) is 71.9 Å². The molecule has 0 unspecified atom stereocenters. The summed E-state index contributed by atoms with van der Waals surface area (Å²) in [4.78, 5) is 30.8. The number of carboxylic acids is 1.